The van der Waals surface area contributed by atoms with Crippen LogP contribution in [0.2, 0.25) is 0 Å². The SMILES string of the molecule is CCCS(=O)(=O)N1CCN(C2(CCC(=O)c3c(F)cccc3OC)CCOCC2)CC1.Cl. The molecule has 182 valence electrons. The quantitative estimate of drug-likeness (QED) is 0.493. The Morgan fingerprint density at radius 2 is 1.84 bits per heavy atom. The summed E-state index contributed by atoms with van der Waals surface area (Å²) in [5.41, 5.74) is -0.241. The molecule has 2 aliphatic rings. The van der Waals surface area contributed by atoms with Crippen molar-refractivity contribution in [2.45, 2.75) is 44.6 Å². The fourth-order valence-corrected chi connectivity index (χ4v) is 6.21. The van der Waals surface area contributed by atoms with Crippen LogP contribution in [0, 0.1) is 5.82 Å². The molecule has 2 heterocycles. The number of hydrogen-bond acceptors (Lipinski definition) is 6. The fraction of sp³-hybridized carbons (Fsp3) is 0.682. The van der Waals surface area contributed by atoms with Crippen LogP contribution < -0.4 is 4.74 Å². The maximum atomic E-state index is 14.3. The van der Waals surface area contributed by atoms with Crippen molar-refractivity contribution in [3.8, 4) is 5.75 Å². The Balaban J connectivity index is 0.00000363. The average Bonchev–Trinajstić information content (AvgIpc) is 2.78. The van der Waals surface area contributed by atoms with Gasteiger partial charge in [-0.25, -0.2) is 12.8 Å². The number of sulfonamides is 1. The number of methoxy groups -OCH3 is 1. The second-order valence-corrected chi connectivity index (χ2v) is 10.4. The Bertz CT molecular complexity index is 869. The van der Waals surface area contributed by atoms with Crippen LogP contribution in [0.1, 0.15) is 49.4 Å². The Morgan fingerprint density at radius 3 is 2.44 bits per heavy atom. The van der Waals surface area contributed by atoms with Gasteiger partial charge in [0.15, 0.2) is 5.78 Å². The van der Waals surface area contributed by atoms with Crippen LogP contribution in [0.3, 0.4) is 0 Å². The van der Waals surface area contributed by atoms with E-state index in [2.05, 4.69) is 4.90 Å². The molecule has 2 aliphatic heterocycles. The number of ketones is 1. The molecule has 7 nitrogen and oxygen atoms in total. The van der Waals surface area contributed by atoms with Gasteiger partial charge in [-0.15, -0.1) is 12.4 Å². The second kappa shape index (κ2) is 11.7. The molecule has 0 N–H and O–H groups in total. The van der Waals surface area contributed by atoms with E-state index in [1.54, 1.807) is 10.4 Å². The number of carbonyl (C=O) groups is 1. The molecule has 0 saturated carbocycles. The van der Waals surface area contributed by atoms with Crippen LogP contribution in [0.5, 0.6) is 5.75 Å². The van der Waals surface area contributed by atoms with Crippen LogP contribution in [0.15, 0.2) is 18.2 Å². The van der Waals surface area contributed by atoms with E-state index in [0.717, 1.165) is 12.8 Å². The molecule has 0 aliphatic carbocycles. The van der Waals surface area contributed by atoms with Crippen LogP contribution in [-0.4, -0.2) is 81.2 Å². The van der Waals surface area contributed by atoms with Gasteiger partial charge in [-0.05, 0) is 37.8 Å². The minimum Gasteiger partial charge on any atom is -0.496 e. The molecule has 0 radical (unpaired) electrons. The lowest BCUT2D eigenvalue weighted by molar-refractivity contribution is -0.0445. The van der Waals surface area contributed by atoms with Crippen LogP contribution in [0.25, 0.3) is 0 Å². The standard InChI is InChI=1S/C22H33FN2O5S.ClH/c1-3-17-31(27,28)25-13-11-24(12-14-25)22(9-15-30-16-10-22)8-7-19(26)21-18(23)5-4-6-20(21)29-2;/h4-6H,3,7-17H2,1-2H3;1H. The summed E-state index contributed by atoms with van der Waals surface area (Å²) in [4.78, 5) is 15.2. The summed E-state index contributed by atoms with van der Waals surface area (Å²) in [6.45, 7) is 5.24. The van der Waals surface area contributed by atoms with Crippen molar-refractivity contribution < 1.29 is 27.1 Å². The Kier molecular flexibility index (Phi) is 9.90. The first-order valence-electron chi connectivity index (χ1n) is 11.0. The molecular weight excluding hydrogens is 459 g/mol. The molecule has 0 atom stereocenters. The van der Waals surface area contributed by atoms with Crippen molar-refractivity contribution in [3.63, 3.8) is 0 Å². The molecule has 0 aromatic heterocycles. The van der Waals surface area contributed by atoms with E-state index in [-0.39, 0.29) is 47.2 Å². The minimum atomic E-state index is -3.21. The summed E-state index contributed by atoms with van der Waals surface area (Å²) >= 11 is 0. The lowest BCUT2D eigenvalue weighted by Crippen LogP contribution is -2.60. The van der Waals surface area contributed by atoms with Crippen LogP contribution in [0.4, 0.5) is 4.39 Å². The van der Waals surface area contributed by atoms with Crippen molar-refractivity contribution >= 4 is 28.2 Å². The minimum absolute atomic E-state index is 0. The van der Waals surface area contributed by atoms with Crippen molar-refractivity contribution in [1.82, 2.24) is 9.21 Å². The van der Waals surface area contributed by atoms with Gasteiger partial charge in [-0.3, -0.25) is 9.69 Å². The molecule has 0 unspecified atom stereocenters. The van der Waals surface area contributed by atoms with Gasteiger partial charge in [0.25, 0.3) is 0 Å². The Hall–Kier alpha value is -1.26. The molecule has 0 spiro atoms. The van der Waals surface area contributed by atoms with Crippen molar-refractivity contribution in [3.05, 3.63) is 29.6 Å². The predicted octanol–water partition coefficient (Wildman–Crippen LogP) is 3.13. The van der Waals surface area contributed by atoms with Gasteiger partial charge in [0.1, 0.15) is 11.6 Å². The summed E-state index contributed by atoms with van der Waals surface area (Å²) in [5, 5.41) is 0. The number of hydrogen-bond donors (Lipinski definition) is 0. The topological polar surface area (TPSA) is 76.2 Å². The first-order valence-corrected chi connectivity index (χ1v) is 12.6. The smallest absolute Gasteiger partial charge is 0.214 e. The normalized spacial score (nSPS) is 19.8. The van der Waals surface area contributed by atoms with Crippen LogP contribution in [-0.2, 0) is 14.8 Å². The molecule has 1 aromatic carbocycles. The van der Waals surface area contributed by atoms with E-state index >= 15 is 0 Å². The third-order valence-electron chi connectivity index (χ3n) is 6.48. The summed E-state index contributed by atoms with van der Waals surface area (Å²) in [6.07, 6.45) is 2.93. The maximum absolute atomic E-state index is 14.3. The zero-order valence-corrected chi connectivity index (χ0v) is 20.5. The third kappa shape index (κ3) is 5.99. The van der Waals surface area contributed by atoms with E-state index in [4.69, 9.17) is 9.47 Å². The molecule has 0 amide bonds. The van der Waals surface area contributed by atoms with E-state index in [1.807, 2.05) is 6.92 Å². The number of piperazine rings is 1. The maximum Gasteiger partial charge on any atom is 0.214 e. The number of nitrogens with zero attached hydrogens (tertiary/aromatic N) is 2. The molecule has 3 rings (SSSR count). The van der Waals surface area contributed by atoms with E-state index in [0.29, 0.717) is 52.2 Å². The molecule has 32 heavy (non-hydrogen) atoms. The fourth-order valence-electron chi connectivity index (χ4n) is 4.72. The molecule has 2 saturated heterocycles. The number of rotatable bonds is 9. The number of halogens is 2. The average molecular weight is 493 g/mol. The van der Waals surface area contributed by atoms with Crippen LogP contribution >= 0.6 is 12.4 Å². The second-order valence-electron chi connectivity index (χ2n) is 8.28. The zero-order chi connectivity index (χ0) is 22.5. The molecule has 2 fully saturated rings. The highest BCUT2D eigenvalue weighted by Crippen LogP contribution is 2.35. The van der Waals surface area contributed by atoms with E-state index in [1.165, 1.54) is 19.2 Å². The summed E-state index contributed by atoms with van der Waals surface area (Å²) in [7, 11) is -1.78. The zero-order valence-electron chi connectivity index (χ0n) is 18.8. The number of ether oxygens (including phenoxy) is 2. The van der Waals surface area contributed by atoms with Gasteiger partial charge in [0, 0.05) is 51.4 Å². The van der Waals surface area contributed by atoms with E-state index in [9.17, 15) is 17.6 Å². The summed E-state index contributed by atoms with van der Waals surface area (Å²) in [6, 6.07) is 4.39. The first kappa shape index (κ1) is 27.0. The monoisotopic (exact) mass is 492 g/mol. The number of benzene rings is 1. The van der Waals surface area contributed by atoms with Gasteiger partial charge in [-0.2, -0.15) is 4.31 Å². The highest BCUT2D eigenvalue weighted by Gasteiger charge is 2.41. The molecular formula is C22H34ClFN2O5S. The van der Waals surface area contributed by atoms with Gasteiger partial charge >= 0.3 is 0 Å². The van der Waals surface area contributed by atoms with E-state index < -0.39 is 15.8 Å². The lowest BCUT2D eigenvalue weighted by atomic mass is 9.81. The van der Waals surface area contributed by atoms with Gasteiger partial charge in [0.05, 0.1) is 18.4 Å². The van der Waals surface area contributed by atoms with Crippen molar-refractivity contribution in [1.29, 1.82) is 0 Å². The molecule has 10 heteroatoms. The highest BCUT2D eigenvalue weighted by molar-refractivity contribution is 7.89. The summed E-state index contributed by atoms with van der Waals surface area (Å²) < 4.78 is 51.5. The summed E-state index contributed by atoms with van der Waals surface area (Å²) in [5.74, 6) is -0.420. The highest BCUT2D eigenvalue weighted by atomic mass is 35.5. The third-order valence-corrected chi connectivity index (χ3v) is 8.56. The lowest BCUT2D eigenvalue weighted by Gasteiger charge is -2.49. The van der Waals surface area contributed by atoms with Gasteiger partial charge in [0.2, 0.25) is 10.0 Å². The van der Waals surface area contributed by atoms with Crippen molar-refractivity contribution in [2.75, 3.05) is 52.3 Å². The first-order chi connectivity index (χ1) is 14.8. The Labute approximate surface area is 196 Å². The Morgan fingerprint density at radius 1 is 1.19 bits per heavy atom. The molecule has 0 bridgehead atoms. The van der Waals surface area contributed by atoms with Gasteiger partial charge < -0.3 is 9.47 Å². The van der Waals surface area contributed by atoms with Crippen molar-refractivity contribution in [2.24, 2.45) is 0 Å². The molecule has 1 aromatic rings. The largest absolute Gasteiger partial charge is 0.496 e. The van der Waals surface area contributed by atoms with Gasteiger partial charge in [-0.1, -0.05) is 13.0 Å². The number of Topliss-reactive ketones (excluding diaryl/α,β-unsaturated/α-hetero) is 1. The number of carbonyl (C=O) groups excluding carboxylic acids is 1. The predicted molar refractivity (Wildman–Crippen MR) is 124 cm³/mol.